The molecule has 1 aliphatic heterocycles. The molecule has 2 amide bonds. The minimum atomic E-state index is -0.596. The van der Waals surface area contributed by atoms with Crippen molar-refractivity contribution in [3.8, 4) is 5.13 Å². The Hall–Kier alpha value is -2.71. The number of thiazole rings is 1. The predicted octanol–water partition coefficient (Wildman–Crippen LogP) is 2.81. The second kappa shape index (κ2) is 8.97. The van der Waals surface area contributed by atoms with E-state index in [1.54, 1.807) is 13.0 Å². The van der Waals surface area contributed by atoms with Crippen LogP contribution in [0.5, 0.6) is 0 Å². The maximum Gasteiger partial charge on any atom is 0.251 e. The molecule has 0 aliphatic carbocycles. The zero-order valence-electron chi connectivity index (χ0n) is 17.3. The fourth-order valence-corrected chi connectivity index (χ4v) is 4.86. The molecule has 3 heterocycles. The first kappa shape index (κ1) is 20.6. The average molecular weight is 426 g/mol. The number of fused-ring (bicyclic) bond motifs is 1. The summed E-state index contributed by atoms with van der Waals surface area (Å²) in [7, 11) is 0. The van der Waals surface area contributed by atoms with Crippen molar-refractivity contribution in [2.45, 2.75) is 38.8 Å². The Morgan fingerprint density at radius 1 is 1.30 bits per heavy atom. The Labute approximate surface area is 180 Å². The number of likely N-dealkylation sites (tertiary alicyclic amines) is 1. The van der Waals surface area contributed by atoms with E-state index in [0.717, 1.165) is 34.9 Å². The Bertz CT molecular complexity index is 1030. The van der Waals surface area contributed by atoms with Crippen molar-refractivity contribution in [3.63, 3.8) is 0 Å². The van der Waals surface area contributed by atoms with E-state index in [-0.39, 0.29) is 11.8 Å². The third-order valence-electron chi connectivity index (χ3n) is 5.62. The number of carbonyl (C=O) groups is 2. The van der Waals surface area contributed by atoms with Gasteiger partial charge in [0, 0.05) is 30.5 Å². The molecule has 4 rings (SSSR count). The highest BCUT2D eigenvalue weighted by Crippen LogP contribution is 2.26. The third kappa shape index (κ3) is 4.39. The fourth-order valence-electron chi connectivity index (χ4n) is 3.89. The summed E-state index contributed by atoms with van der Waals surface area (Å²) in [6, 6.07) is 9.12. The molecule has 2 aromatic heterocycles. The maximum atomic E-state index is 12.7. The maximum absolute atomic E-state index is 12.7. The lowest BCUT2D eigenvalue weighted by atomic mass is 10.2. The lowest BCUT2D eigenvalue weighted by Gasteiger charge is -2.23. The minimum Gasteiger partial charge on any atom is -0.353 e. The smallest absolute Gasteiger partial charge is 0.251 e. The van der Waals surface area contributed by atoms with Crippen LogP contribution in [-0.4, -0.2) is 58.0 Å². The van der Waals surface area contributed by atoms with Gasteiger partial charge in [0.25, 0.3) is 5.91 Å². The molecule has 0 bridgehead atoms. The van der Waals surface area contributed by atoms with Crippen molar-refractivity contribution < 1.29 is 9.59 Å². The van der Waals surface area contributed by atoms with Crippen LogP contribution in [0.4, 0.5) is 0 Å². The van der Waals surface area contributed by atoms with E-state index >= 15 is 0 Å². The molecular formula is C22H27N5O2S. The van der Waals surface area contributed by atoms with Gasteiger partial charge in [-0.05, 0) is 63.2 Å². The van der Waals surface area contributed by atoms with Crippen LogP contribution in [0.15, 0.2) is 42.7 Å². The summed E-state index contributed by atoms with van der Waals surface area (Å²) in [5.74, 6) is -0.411. The van der Waals surface area contributed by atoms with Crippen LogP contribution in [-0.2, 0) is 4.79 Å². The number of nitrogens with zero attached hydrogens (tertiary/aromatic N) is 3. The van der Waals surface area contributed by atoms with E-state index in [0.29, 0.717) is 18.2 Å². The molecule has 3 aromatic rings. The third-order valence-corrected chi connectivity index (χ3v) is 6.65. The van der Waals surface area contributed by atoms with E-state index in [9.17, 15) is 9.59 Å². The molecule has 8 heteroatoms. The predicted molar refractivity (Wildman–Crippen MR) is 119 cm³/mol. The summed E-state index contributed by atoms with van der Waals surface area (Å²) in [4.78, 5) is 32.1. The first-order chi connectivity index (χ1) is 14.5. The van der Waals surface area contributed by atoms with E-state index < -0.39 is 6.04 Å². The van der Waals surface area contributed by atoms with Crippen molar-refractivity contribution in [3.05, 3.63) is 48.3 Å². The van der Waals surface area contributed by atoms with Crippen LogP contribution in [0, 0.1) is 0 Å². The van der Waals surface area contributed by atoms with E-state index in [1.807, 2.05) is 41.2 Å². The number of rotatable bonds is 7. The monoisotopic (exact) mass is 425 g/mol. The number of amides is 2. The normalized spacial score (nSPS) is 17.9. The standard InChI is InChI=1S/C22H27N5O2S/c1-3-26-12-6-7-17(26)14-23-20(28)15(2)24-21(29)16-8-9-18-19(13-16)30-22(25-18)27-10-4-5-11-27/h4-5,8-11,13,15,17H,3,6-7,12,14H2,1-2H3,(H,23,28)(H,24,29)/t15-,17?/m1/s1. The SMILES string of the molecule is CCN1CCCC1CNC(=O)[C@@H](C)NC(=O)c1ccc2nc(-n3cccc3)sc2c1. The van der Waals surface area contributed by atoms with E-state index in [1.165, 1.54) is 17.8 Å². The lowest BCUT2D eigenvalue weighted by Crippen LogP contribution is -2.48. The fraction of sp³-hybridized carbons (Fsp3) is 0.409. The summed E-state index contributed by atoms with van der Waals surface area (Å²) in [6.45, 7) is 6.58. The number of hydrogen-bond acceptors (Lipinski definition) is 5. The Balaban J connectivity index is 1.36. The van der Waals surface area contributed by atoms with Crippen LogP contribution in [0.2, 0.25) is 0 Å². The zero-order valence-corrected chi connectivity index (χ0v) is 18.1. The van der Waals surface area contributed by atoms with Crippen LogP contribution in [0.1, 0.15) is 37.0 Å². The van der Waals surface area contributed by atoms with Gasteiger partial charge in [-0.3, -0.25) is 14.5 Å². The Morgan fingerprint density at radius 3 is 2.87 bits per heavy atom. The van der Waals surface area contributed by atoms with Gasteiger partial charge in [0.15, 0.2) is 5.13 Å². The molecule has 0 radical (unpaired) electrons. The lowest BCUT2D eigenvalue weighted by molar-refractivity contribution is -0.122. The molecule has 2 N–H and O–H groups in total. The van der Waals surface area contributed by atoms with Crippen molar-refractivity contribution in [1.29, 1.82) is 0 Å². The van der Waals surface area contributed by atoms with Gasteiger partial charge in [-0.15, -0.1) is 0 Å². The van der Waals surface area contributed by atoms with Crippen LogP contribution in [0.3, 0.4) is 0 Å². The van der Waals surface area contributed by atoms with Gasteiger partial charge in [0.05, 0.1) is 10.2 Å². The highest BCUT2D eigenvalue weighted by Gasteiger charge is 2.24. The molecule has 0 saturated carbocycles. The zero-order chi connectivity index (χ0) is 21.1. The van der Waals surface area contributed by atoms with E-state index in [4.69, 9.17) is 0 Å². The van der Waals surface area contributed by atoms with Gasteiger partial charge in [0.2, 0.25) is 5.91 Å². The molecule has 158 valence electrons. The Kier molecular flexibility index (Phi) is 6.15. The molecule has 1 saturated heterocycles. The second-order valence-electron chi connectivity index (χ2n) is 7.63. The minimum absolute atomic E-state index is 0.153. The van der Waals surface area contributed by atoms with Gasteiger partial charge in [0.1, 0.15) is 6.04 Å². The number of nitrogens with one attached hydrogen (secondary N) is 2. The first-order valence-corrected chi connectivity index (χ1v) is 11.2. The first-order valence-electron chi connectivity index (χ1n) is 10.4. The van der Waals surface area contributed by atoms with Crippen molar-refractivity contribution in [1.82, 2.24) is 25.1 Å². The van der Waals surface area contributed by atoms with Gasteiger partial charge in [-0.1, -0.05) is 18.3 Å². The molecule has 1 fully saturated rings. The number of aromatic nitrogens is 2. The van der Waals surface area contributed by atoms with E-state index in [2.05, 4.69) is 27.4 Å². The molecule has 30 heavy (non-hydrogen) atoms. The molecule has 1 aliphatic rings. The van der Waals surface area contributed by atoms with Crippen LogP contribution >= 0.6 is 11.3 Å². The number of hydrogen-bond donors (Lipinski definition) is 2. The second-order valence-corrected chi connectivity index (χ2v) is 8.64. The van der Waals surface area contributed by atoms with Gasteiger partial charge >= 0.3 is 0 Å². The van der Waals surface area contributed by atoms with Gasteiger partial charge in [-0.2, -0.15) is 0 Å². The summed E-state index contributed by atoms with van der Waals surface area (Å²) in [5, 5.41) is 6.65. The van der Waals surface area contributed by atoms with Crippen molar-refractivity contribution >= 4 is 33.4 Å². The largest absolute Gasteiger partial charge is 0.353 e. The highest BCUT2D eigenvalue weighted by molar-refractivity contribution is 7.20. The van der Waals surface area contributed by atoms with Crippen LogP contribution < -0.4 is 10.6 Å². The van der Waals surface area contributed by atoms with Crippen molar-refractivity contribution in [2.24, 2.45) is 0 Å². The number of likely N-dealkylation sites (N-methyl/N-ethyl adjacent to an activating group) is 1. The summed E-state index contributed by atoms with van der Waals surface area (Å²) in [6.07, 6.45) is 6.16. The van der Waals surface area contributed by atoms with Gasteiger partial charge < -0.3 is 15.2 Å². The molecule has 7 nitrogen and oxygen atoms in total. The topological polar surface area (TPSA) is 79.3 Å². The summed E-state index contributed by atoms with van der Waals surface area (Å²) >= 11 is 1.52. The molecule has 1 aromatic carbocycles. The number of benzene rings is 1. The molecule has 0 spiro atoms. The van der Waals surface area contributed by atoms with Crippen LogP contribution in [0.25, 0.3) is 15.3 Å². The molecule has 1 unspecified atom stereocenters. The van der Waals surface area contributed by atoms with Gasteiger partial charge in [-0.25, -0.2) is 4.98 Å². The molecular weight excluding hydrogens is 398 g/mol. The highest BCUT2D eigenvalue weighted by atomic mass is 32.1. The quantitative estimate of drug-likeness (QED) is 0.610. The summed E-state index contributed by atoms with van der Waals surface area (Å²) < 4.78 is 2.88. The summed E-state index contributed by atoms with van der Waals surface area (Å²) in [5.41, 5.74) is 1.38. The number of carbonyl (C=O) groups excluding carboxylic acids is 2. The molecule has 2 atom stereocenters. The Morgan fingerprint density at radius 2 is 2.10 bits per heavy atom. The average Bonchev–Trinajstić information content (AvgIpc) is 3.50. The van der Waals surface area contributed by atoms with Crippen molar-refractivity contribution in [2.75, 3.05) is 19.6 Å².